The van der Waals surface area contributed by atoms with E-state index in [0.29, 0.717) is 24.1 Å². The van der Waals surface area contributed by atoms with Crippen LogP contribution in [0, 0.1) is 5.92 Å². The molecular weight excluding hydrogens is 318 g/mol. The number of oxazole rings is 1. The summed E-state index contributed by atoms with van der Waals surface area (Å²) in [6.45, 7) is 3.34. The average molecular weight is 340 g/mol. The smallest absolute Gasteiger partial charge is 0.227 e. The molecule has 126 valence electrons. The number of carbonyl (C=O) groups is 1. The van der Waals surface area contributed by atoms with Gasteiger partial charge in [-0.05, 0) is 44.5 Å². The van der Waals surface area contributed by atoms with Crippen LogP contribution in [0.1, 0.15) is 25.7 Å². The van der Waals surface area contributed by atoms with Crippen LogP contribution >= 0.6 is 12.4 Å². The number of rotatable bonds is 4. The molecule has 2 heterocycles. The summed E-state index contributed by atoms with van der Waals surface area (Å²) in [5.41, 5.74) is 2.17. The number of halogens is 1. The number of hydrogen-bond donors (Lipinski definition) is 2. The fourth-order valence-corrected chi connectivity index (χ4v) is 2.85. The predicted molar refractivity (Wildman–Crippen MR) is 90.8 cm³/mol. The second-order valence-corrected chi connectivity index (χ2v) is 5.79. The number of fused-ring (bicyclic) bond motifs is 1. The molecule has 0 radical (unpaired) electrons. The lowest BCUT2D eigenvalue weighted by molar-refractivity contribution is -0.120. The van der Waals surface area contributed by atoms with Crippen LogP contribution in [0.2, 0.25) is 0 Å². The number of hydrogen-bond acceptors (Lipinski definition) is 5. The molecular formula is C16H22ClN3O3. The SMILES string of the molecule is COCc1nc2cc(NC(=O)[C@H]3CCN[C@@H](C)C3)ccc2o1.Cl. The summed E-state index contributed by atoms with van der Waals surface area (Å²) < 4.78 is 10.6. The molecule has 0 unspecified atom stereocenters. The van der Waals surface area contributed by atoms with Crippen molar-refractivity contribution in [2.75, 3.05) is 19.0 Å². The molecule has 23 heavy (non-hydrogen) atoms. The van der Waals surface area contributed by atoms with Gasteiger partial charge in [0.05, 0.1) is 0 Å². The van der Waals surface area contributed by atoms with Crippen LogP contribution in [-0.2, 0) is 16.1 Å². The van der Waals surface area contributed by atoms with Gasteiger partial charge in [0, 0.05) is 24.8 Å². The molecule has 2 atom stereocenters. The van der Waals surface area contributed by atoms with Gasteiger partial charge < -0.3 is 19.8 Å². The van der Waals surface area contributed by atoms with Crippen molar-refractivity contribution in [2.24, 2.45) is 5.92 Å². The molecule has 0 spiro atoms. The maximum Gasteiger partial charge on any atom is 0.227 e. The van der Waals surface area contributed by atoms with Crippen molar-refractivity contribution < 1.29 is 13.9 Å². The van der Waals surface area contributed by atoms with Crippen LogP contribution in [0.25, 0.3) is 11.1 Å². The van der Waals surface area contributed by atoms with E-state index in [2.05, 4.69) is 22.5 Å². The summed E-state index contributed by atoms with van der Waals surface area (Å²) in [6, 6.07) is 5.88. The monoisotopic (exact) mass is 339 g/mol. The lowest BCUT2D eigenvalue weighted by Gasteiger charge is -2.27. The average Bonchev–Trinajstić information content (AvgIpc) is 2.89. The van der Waals surface area contributed by atoms with E-state index in [1.54, 1.807) is 7.11 Å². The van der Waals surface area contributed by atoms with Crippen molar-refractivity contribution in [1.29, 1.82) is 0 Å². The summed E-state index contributed by atoms with van der Waals surface area (Å²) in [4.78, 5) is 16.7. The molecule has 7 heteroatoms. The van der Waals surface area contributed by atoms with Crippen molar-refractivity contribution in [3.8, 4) is 0 Å². The van der Waals surface area contributed by atoms with Gasteiger partial charge >= 0.3 is 0 Å². The van der Waals surface area contributed by atoms with Crippen molar-refractivity contribution in [3.05, 3.63) is 24.1 Å². The molecule has 0 saturated carbocycles. The zero-order valence-electron chi connectivity index (χ0n) is 13.3. The summed E-state index contributed by atoms with van der Waals surface area (Å²) in [5, 5.41) is 6.34. The molecule has 0 bridgehead atoms. The molecule has 1 saturated heterocycles. The summed E-state index contributed by atoms with van der Waals surface area (Å²) in [7, 11) is 1.60. The molecule has 1 aliphatic rings. The lowest BCUT2D eigenvalue weighted by atomic mass is 9.92. The standard InChI is InChI=1S/C16H21N3O3.ClH/c1-10-7-11(5-6-17-10)16(20)18-12-3-4-14-13(8-12)19-15(22-14)9-21-2;/h3-4,8,10-11,17H,5-7,9H2,1-2H3,(H,18,20);1H/t10-,11-;/m0./s1. The Morgan fingerprint density at radius 2 is 2.35 bits per heavy atom. The third-order valence-electron chi connectivity index (χ3n) is 3.96. The van der Waals surface area contributed by atoms with Gasteiger partial charge in [0.2, 0.25) is 11.8 Å². The molecule has 6 nitrogen and oxygen atoms in total. The van der Waals surface area contributed by atoms with Gasteiger partial charge in [-0.1, -0.05) is 0 Å². The van der Waals surface area contributed by atoms with Crippen LogP contribution in [0.4, 0.5) is 5.69 Å². The number of methoxy groups -OCH3 is 1. The second kappa shape index (κ2) is 7.77. The van der Waals surface area contributed by atoms with Crippen LogP contribution < -0.4 is 10.6 Å². The van der Waals surface area contributed by atoms with E-state index in [1.165, 1.54) is 0 Å². The number of nitrogens with zero attached hydrogens (tertiary/aromatic N) is 1. The van der Waals surface area contributed by atoms with E-state index < -0.39 is 0 Å². The van der Waals surface area contributed by atoms with E-state index in [0.717, 1.165) is 30.6 Å². The van der Waals surface area contributed by atoms with Gasteiger partial charge in [-0.25, -0.2) is 4.98 Å². The van der Waals surface area contributed by atoms with Crippen LogP contribution in [-0.4, -0.2) is 30.6 Å². The number of amides is 1. The van der Waals surface area contributed by atoms with E-state index in [-0.39, 0.29) is 24.2 Å². The Morgan fingerprint density at radius 3 is 3.09 bits per heavy atom. The van der Waals surface area contributed by atoms with Gasteiger partial charge in [-0.2, -0.15) is 0 Å². The largest absolute Gasteiger partial charge is 0.438 e. The number of anilines is 1. The first kappa shape index (κ1) is 17.7. The highest BCUT2D eigenvalue weighted by Gasteiger charge is 2.24. The Balaban J connectivity index is 0.00000192. The van der Waals surface area contributed by atoms with Crippen LogP contribution in [0.15, 0.2) is 22.6 Å². The van der Waals surface area contributed by atoms with E-state index in [1.807, 2.05) is 18.2 Å². The van der Waals surface area contributed by atoms with Gasteiger partial charge in [-0.3, -0.25) is 4.79 Å². The number of ether oxygens (including phenoxy) is 1. The first-order chi connectivity index (χ1) is 10.7. The van der Waals surface area contributed by atoms with Crippen molar-refractivity contribution in [1.82, 2.24) is 10.3 Å². The fourth-order valence-electron chi connectivity index (χ4n) is 2.85. The van der Waals surface area contributed by atoms with Crippen LogP contribution in [0.5, 0.6) is 0 Å². The minimum Gasteiger partial charge on any atom is -0.438 e. The van der Waals surface area contributed by atoms with Crippen molar-refractivity contribution >= 4 is 35.1 Å². The second-order valence-electron chi connectivity index (χ2n) is 5.79. The maximum absolute atomic E-state index is 12.4. The number of piperidine rings is 1. The molecule has 3 rings (SSSR count). The van der Waals surface area contributed by atoms with Gasteiger partial charge in [0.15, 0.2) is 5.58 Å². The van der Waals surface area contributed by atoms with Crippen molar-refractivity contribution in [2.45, 2.75) is 32.4 Å². The summed E-state index contributed by atoms with van der Waals surface area (Å²) in [5.74, 6) is 0.676. The minimum atomic E-state index is 0. The highest BCUT2D eigenvalue weighted by atomic mass is 35.5. The van der Waals surface area contributed by atoms with Gasteiger partial charge in [-0.15, -0.1) is 12.4 Å². The zero-order chi connectivity index (χ0) is 15.5. The normalized spacial score (nSPS) is 21.0. The zero-order valence-corrected chi connectivity index (χ0v) is 14.1. The van der Waals surface area contributed by atoms with Gasteiger partial charge in [0.25, 0.3) is 0 Å². The maximum atomic E-state index is 12.4. The number of benzene rings is 1. The Labute approximate surface area is 141 Å². The molecule has 1 amide bonds. The number of nitrogens with one attached hydrogen (secondary N) is 2. The van der Waals surface area contributed by atoms with E-state index in [9.17, 15) is 4.79 Å². The molecule has 1 aromatic heterocycles. The van der Waals surface area contributed by atoms with Crippen molar-refractivity contribution in [3.63, 3.8) is 0 Å². The van der Waals surface area contributed by atoms with E-state index >= 15 is 0 Å². The Hall–Kier alpha value is -1.63. The van der Waals surface area contributed by atoms with Crippen LogP contribution in [0.3, 0.4) is 0 Å². The molecule has 0 aliphatic carbocycles. The summed E-state index contributed by atoms with van der Waals surface area (Å²) in [6.07, 6.45) is 1.75. The topological polar surface area (TPSA) is 76.4 Å². The molecule has 1 aliphatic heterocycles. The Kier molecular flexibility index (Phi) is 5.98. The fraction of sp³-hybridized carbons (Fsp3) is 0.500. The Morgan fingerprint density at radius 1 is 1.52 bits per heavy atom. The number of aromatic nitrogens is 1. The number of carbonyl (C=O) groups excluding carboxylic acids is 1. The Bertz CT molecular complexity index is 674. The molecule has 1 fully saturated rings. The predicted octanol–water partition coefficient (Wildman–Crippen LogP) is 2.72. The molecule has 2 N–H and O–H groups in total. The third kappa shape index (κ3) is 4.22. The quantitative estimate of drug-likeness (QED) is 0.895. The van der Waals surface area contributed by atoms with E-state index in [4.69, 9.17) is 9.15 Å². The molecule has 1 aromatic carbocycles. The third-order valence-corrected chi connectivity index (χ3v) is 3.96. The first-order valence-corrected chi connectivity index (χ1v) is 7.58. The summed E-state index contributed by atoms with van der Waals surface area (Å²) >= 11 is 0. The highest BCUT2D eigenvalue weighted by molar-refractivity contribution is 5.94. The van der Waals surface area contributed by atoms with Gasteiger partial charge in [0.1, 0.15) is 12.1 Å². The highest BCUT2D eigenvalue weighted by Crippen LogP contribution is 2.22. The first-order valence-electron chi connectivity index (χ1n) is 7.58. The minimum absolute atomic E-state index is 0. The lowest BCUT2D eigenvalue weighted by Crippen LogP contribution is -2.40. The molecule has 2 aromatic rings.